The van der Waals surface area contributed by atoms with Crippen LogP contribution in [0.4, 0.5) is 4.79 Å². The van der Waals surface area contributed by atoms with E-state index in [4.69, 9.17) is 22.1 Å². The summed E-state index contributed by atoms with van der Waals surface area (Å²) in [4.78, 5) is 15.4. The Balaban J connectivity index is 2.38. The number of ether oxygens (including phenoxy) is 1. The minimum absolute atomic E-state index is 0.229. The molecule has 1 rings (SSSR count). The van der Waals surface area contributed by atoms with E-state index in [9.17, 15) is 4.79 Å². The Morgan fingerprint density at radius 1 is 1.58 bits per heavy atom. The lowest BCUT2D eigenvalue weighted by Gasteiger charge is -2.20. The van der Waals surface area contributed by atoms with Crippen LogP contribution in [0.2, 0.25) is 5.02 Å². The summed E-state index contributed by atoms with van der Waals surface area (Å²) in [6.07, 6.45) is 3.33. The summed E-state index contributed by atoms with van der Waals surface area (Å²) in [6.45, 7) is 5.75. The van der Waals surface area contributed by atoms with Crippen molar-refractivity contribution in [3.05, 3.63) is 29.0 Å². The summed E-state index contributed by atoms with van der Waals surface area (Å²) in [6, 6.07) is 1.59. The van der Waals surface area contributed by atoms with E-state index in [1.165, 1.54) is 0 Å². The van der Waals surface area contributed by atoms with Crippen LogP contribution in [0.3, 0.4) is 0 Å². The van der Waals surface area contributed by atoms with Crippen molar-refractivity contribution in [3.63, 3.8) is 0 Å². The van der Waals surface area contributed by atoms with Crippen LogP contribution in [-0.4, -0.2) is 29.3 Å². The first-order valence-electron chi connectivity index (χ1n) is 6.09. The number of nitrogens with two attached hydrogens (primary N) is 1. The predicted molar refractivity (Wildman–Crippen MR) is 75.2 cm³/mol. The average molecular weight is 286 g/mol. The van der Waals surface area contributed by atoms with Crippen LogP contribution in [-0.2, 0) is 11.2 Å². The molecule has 19 heavy (non-hydrogen) atoms. The van der Waals surface area contributed by atoms with Crippen molar-refractivity contribution in [2.45, 2.75) is 38.8 Å². The van der Waals surface area contributed by atoms with E-state index in [1.807, 2.05) is 26.8 Å². The number of nitrogens with one attached hydrogen (secondary N) is 1. The number of pyridine rings is 1. The highest BCUT2D eigenvalue weighted by atomic mass is 35.5. The van der Waals surface area contributed by atoms with E-state index in [2.05, 4.69) is 10.3 Å². The zero-order valence-electron chi connectivity index (χ0n) is 11.4. The maximum absolute atomic E-state index is 11.5. The summed E-state index contributed by atoms with van der Waals surface area (Å²) in [5.74, 6) is 0. The van der Waals surface area contributed by atoms with Gasteiger partial charge in [0.05, 0.1) is 5.02 Å². The highest BCUT2D eigenvalue weighted by Crippen LogP contribution is 2.14. The van der Waals surface area contributed by atoms with Gasteiger partial charge in [-0.3, -0.25) is 4.98 Å². The zero-order chi connectivity index (χ0) is 14.5. The number of aromatic nitrogens is 1. The number of hydrogen-bond donors (Lipinski definition) is 2. The fourth-order valence-electron chi connectivity index (χ4n) is 1.45. The average Bonchev–Trinajstić information content (AvgIpc) is 2.27. The van der Waals surface area contributed by atoms with Crippen LogP contribution in [0.1, 0.15) is 26.3 Å². The Labute approximate surface area is 118 Å². The van der Waals surface area contributed by atoms with E-state index in [0.717, 1.165) is 5.56 Å². The van der Waals surface area contributed by atoms with E-state index in [-0.39, 0.29) is 6.04 Å². The topological polar surface area (TPSA) is 77.2 Å². The molecule has 0 radical (unpaired) electrons. The summed E-state index contributed by atoms with van der Waals surface area (Å²) in [5, 5.41) is 3.21. The van der Waals surface area contributed by atoms with Gasteiger partial charge in [0.1, 0.15) is 5.60 Å². The lowest BCUT2D eigenvalue weighted by molar-refractivity contribution is 0.0524. The minimum Gasteiger partial charge on any atom is -0.444 e. The molecule has 3 N–H and O–H groups in total. The third kappa shape index (κ3) is 6.40. The summed E-state index contributed by atoms with van der Waals surface area (Å²) >= 11 is 5.99. The molecular formula is C13H20ClN3O2. The number of carbonyl (C=O) groups is 1. The van der Waals surface area contributed by atoms with Gasteiger partial charge in [-0.15, -0.1) is 0 Å². The van der Waals surface area contributed by atoms with E-state index >= 15 is 0 Å². The van der Waals surface area contributed by atoms with E-state index in [1.54, 1.807) is 12.4 Å². The Kier molecular flexibility index (Phi) is 5.57. The first-order valence-corrected chi connectivity index (χ1v) is 6.46. The number of nitrogens with zero attached hydrogens (tertiary/aromatic N) is 1. The van der Waals surface area contributed by atoms with Crippen LogP contribution in [0.5, 0.6) is 0 Å². The van der Waals surface area contributed by atoms with Gasteiger partial charge in [-0.05, 0) is 38.8 Å². The number of alkyl carbamates (subject to hydrolysis) is 1. The molecule has 0 saturated carbocycles. The van der Waals surface area contributed by atoms with E-state index < -0.39 is 11.7 Å². The highest BCUT2D eigenvalue weighted by Gasteiger charge is 2.16. The molecule has 0 aromatic carbocycles. The van der Waals surface area contributed by atoms with Crippen molar-refractivity contribution in [1.82, 2.24) is 10.3 Å². The Morgan fingerprint density at radius 3 is 2.84 bits per heavy atom. The predicted octanol–water partition coefficient (Wildman–Crippen LogP) is 2.13. The molecule has 0 bridgehead atoms. The van der Waals surface area contributed by atoms with Gasteiger partial charge in [0.2, 0.25) is 0 Å². The van der Waals surface area contributed by atoms with Crippen molar-refractivity contribution in [1.29, 1.82) is 0 Å². The molecule has 0 aliphatic rings. The van der Waals surface area contributed by atoms with Crippen LogP contribution in [0, 0.1) is 0 Å². The molecule has 0 spiro atoms. The maximum atomic E-state index is 11.5. The van der Waals surface area contributed by atoms with Crippen molar-refractivity contribution >= 4 is 17.7 Å². The molecule has 0 aliphatic carbocycles. The van der Waals surface area contributed by atoms with Crippen LogP contribution in [0.25, 0.3) is 0 Å². The van der Waals surface area contributed by atoms with E-state index in [0.29, 0.717) is 18.0 Å². The second kappa shape index (κ2) is 6.73. The standard InChI is InChI=1S/C13H20ClN3O2/c1-13(2,3)19-12(18)17-7-10(15)6-9-4-5-16-8-11(9)14/h4-5,8,10H,6-7,15H2,1-3H3,(H,17,18). The normalized spacial score (nSPS) is 12.9. The smallest absolute Gasteiger partial charge is 0.407 e. The molecular weight excluding hydrogens is 266 g/mol. The molecule has 1 atom stereocenters. The molecule has 1 unspecified atom stereocenters. The van der Waals surface area contributed by atoms with Gasteiger partial charge in [-0.1, -0.05) is 11.6 Å². The summed E-state index contributed by atoms with van der Waals surface area (Å²) in [5.41, 5.74) is 6.34. The van der Waals surface area contributed by atoms with Crippen LogP contribution >= 0.6 is 11.6 Å². The van der Waals surface area contributed by atoms with Crippen LogP contribution in [0.15, 0.2) is 18.5 Å². The molecule has 1 amide bonds. The number of hydrogen-bond acceptors (Lipinski definition) is 4. The molecule has 0 fully saturated rings. The first kappa shape index (κ1) is 15.7. The van der Waals surface area contributed by atoms with Gasteiger partial charge in [-0.25, -0.2) is 4.79 Å². The number of carbonyl (C=O) groups excluding carboxylic acids is 1. The SMILES string of the molecule is CC(C)(C)OC(=O)NCC(N)Cc1ccncc1Cl. The van der Waals surface area contributed by atoms with Crippen molar-refractivity contribution in [2.24, 2.45) is 5.73 Å². The van der Waals surface area contributed by atoms with Gasteiger partial charge in [0.25, 0.3) is 0 Å². The molecule has 106 valence electrons. The van der Waals surface area contributed by atoms with Crippen molar-refractivity contribution in [2.75, 3.05) is 6.54 Å². The third-order valence-corrected chi connectivity index (χ3v) is 2.59. The lowest BCUT2D eigenvalue weighted by Crippen LogP contribution is -2.41. The Hall–Kier alpha value is -1.33. The number of halogens is 1. The monoisotopic (exact) mass is 285 g/mol. The summed E-state index contributed by atoms with van der Waals surface area (Å²) < 4.78 is 5.12. The van der Waals surface area contributed by atoms with Gasteiger partial charge in [-0.2, -0.15) is 0 Å². The Bertz CT molecular complexity index is 432. The number of rotatable bonds is 4. The third-order valence-electron chi connectivity index (χ3n) is 2.25. The largest absolute Gasteiger partial charge is 0.444 e. The second-order valence-corrected chi connectivity index (χ2v) is 5.72. The summed E-state index contributed by atoms with van der Waals surface area (Å²) in [7, 11) is 0. The fraction of sp³-hybridized carbons (Fsp3) is 0.538. The van der Waals surface area contributed by atoms with Crippen molar-refractivity contribution in [3.8, 4) is 0 Å². The van der Waals surface area contributed by atoms with Gasteiger partial charge < -0.3 is 15.8 Å². The lowest BCUT2D eigenvalue weighted by atomic mass is 10.1. The number of amides is 1. The quantitative estimate of drug-likeness (QED) is 0.888. The first-order chi connectivity index (χ1) is 8.78. The second-order valence-electron chi connectivity index (χ2n) is 5.31. The van der Waals surface area contributed by atoms with Crippen molar-refractivity contribution < 1.29 is 9.53 Å². The highest BCUT2D eigenvalue weighted by molar-refractivity contribution is 6.31. The van der Waals surface area contributed by atoms with Gasteiger partial charge >= 0.3 is 6.09 Å². The maximum Gasteiger partial charge on any atom is 0.407 e. The van der Waals surface area contributed by atoms with Crippen LogP contribution < -0.4 is 11.1 Å². The molecule has 1 aromatic heterocycles. The van der Waals surface area contributed by atoms with Gasteiger partial charge in [0, 0.05) is 25.0 Å². The molecule has 1 heterocycles. The molecule has 0 saturated heterocycles. The van der Waals surface area contributed by atoms with Gasteiger partial charge in [0.15, 0.2) is 0 Å². The molecule has 5 nitrogen and oxygen atoms in total. The fourth-order valence-corrected chi connectivity index (χ4v) is 1.65. The Morgan fingerprint density at radius 2 is 2.26 bits per heavy atom. The minimum atomic E-state index is -0.511. The molecule has 1 aromatic rings. The zero-order valence-corrected chi connectivity index (χ0v) is 12.2. The molecule has 0 aliphatic heterocycles. The molecule has 6 heteroatoms.